The van der Waals surface area contributed by atoms with Crippen LogP contribution in [-0.4, -0.2) is 15.3 Å². The van der Waals surface area contributed by atoms with Gasteiger partial charge in [0, 0.05) is 17.3 Å². The molecule has 0 spiro atoms. The van der Waals surface area contributed by atoms with Crippen LogP contribution in [0.5, 0.6) is 0 Å². The van der Waals surface area contributed by atoms with Crippen molar-refractivity contribution < 1.29 is 18.5 Å². The maximum atomic E-state index is 12.8. The lowest BCUT2D eigenvalue weighted by molar-refractivity contribution is 0.0779. The van der Waals surface area contributed by atoms with Gasteiger partial charge in [-0.05, 0) is 68.1 Å². The predicted molar refractivity (Wildman–Crippen MR) is 110 cm³/mol. The zero-order chi connectivity index (χ0) is 21.0. The number of benzene rings is 1. The van der Waals surface area contributed by atoms with Gasteiger partial charge in [0.25, 0.3) is 0 Å². The van der Waals surface area contributed by atoms with E-state index in [0.29, 0.717) is 17.4 Å². The van der Waals surface area contributed by atoms with Crippen LogP contribution in [-0.2, 0) is 28.4 Å². The van der Waals surface area contributed by atoms with E-state index in [4.69, 9.17) is 9.20 Å². The van der Waals surface area contributed by atoms with Crippen molar-refractivity contribution in [2.24, 2.45) is 5.92 Å². The number of aliphatic hydroxyl groups is 1. The molecule has 0 aliphatic heterocycles. The summed E-state index contributed by atoms with van der Waals surface area (Å²) in [7, 11) is -3.70. The number of aryl methyl sites for hydroxylation is 1. The number of carbonyl (C=O) groups excluding carboxylic acids is 1. The summed E-state index contributed by atoms with van der Waals surface area (Å²) in [4.78, 5) is 12.6. The molecule has 2 aromatic rings. The van der Waals surface area contributed by atoms with E-state index in [9.17, 15) is 14.1 Å². The Bertz CT molecular complexity index is 1060. The Balaban J connectivity index is 1.54. The first kappa shape index (κ1) is 20.0. The number of furan rings is 1. The minimum atomic E-state index is -3.70. The van der Waals surface area contributed by atoms with Gasteiger partial charge in [0.05, 0.1) is 11.9 Å². The largest absolute Gasteiger partial charge is 0.452 e. The van der Waals surface area contributed by atoms with Gasteiger partial charge in [-0.2, -0.15) is 0 Å². The van der Waals surface area contributed by atoms with Crippen molar-refractivity contribution in [2.75, 3.05) is 5.32 Å². The van der Waals surface area contributed by atoms with E-state index in [1.165, 1.54) is 30.7 Å². The lowest BCUT2D eigenvalue weighted by Crippen LogP contribution is -2.34. The van der Waals surface area contributed by atoms with Gasteiger partial charge in [-0.25, -0.2) is 18.5 Å². The first-order valence-corrected chi connectivity index (χ1v) is 11.5. The van der Waals surface area contributed by atoms with Crippen molar-refractivity contribution in [3.05, 3.63) is 46.7 Å². The topological polar surface area (TPSA) is 115 Å². The first-order chi connectivity index (χ1) is 13.6. The fourth-order valence-corrected chi connectivity index (χ4v) is 4.69. The first-order valence-electron chi connectivity index (χ1n) is 9.90. The fourth-order valence-electron chi connectivity index (χ4n) is 3.80. The SMILES string of the molecule is C[C@@H](c1ccc2c(c1NC(=O)N[S@](=N)(=O)c1cc(C(C)(C)O)co1)CC2)C1CC1. The lowest BCUT2D eigenvalue weighted by atomic mass is 9.82. The van der Waals surface area contributed by atoms with Crippen LogP contribution in [0.4, 0.5) is 10.5 Å². The molecule has 1 fully saturated rings. The monoisotopic (exact) mass is 417 g/mol. The Kier molecular flexibility index (Phi) is 4.74. The normalized spacial score (nSPS) is 18.9. The second kappa shape index (κ2) is 6.88. The van der Waals surface area contributed by atoms with Crippen LogP contribution in [0.2, 0.25) is 0 Å². The molecule has 4 N–H and O–H groups in total. The number of rotatable bonds is 6. The number of nitrogens with one attached hydrogen (secondary N) is 3. The van der Waals surface area contributed by atoms with Gasteiger partial charge in [-0.15, -0.1) is 0 Å². The molecule has 2 atom stereocenters. The van der Waals surface area contributed by atoms with Crippen molar-refractivity contribution in [2.45, 2.75) is 63.1 Å². The van der Waals surface area contributed by atoms with Gasteiger partial charge in [0.15, 0.2) is 9.92 Å². The number of amides is 2. The standard InChI is InChI=1S/C21H27N3O4S/c1-12(13-4-5-13)16-8-6-14-7-9-17(14)19(16)23-20(25)24-29(22,27)18-10-15(11-28-18)21(2,3)26/h6,8,10-13,26H,4-5,7,9H2,1-3H3,(H3,22,23,24,25,27)/t12-,29+/m1/s1. The Morgan fingerprint density at radius 1 is 1.34 bits per heavy atom. The van der Waals surface area contributed by atoms with Gasteiger partial charge in [0.2, 0.25) is 5.09 Å². The average molecular weight is 418 g/mol. The number of fused-ring (bicyclic) bond motifs is 1. The van der Waals surface area contributed by atoms with Crippen LogP contribution in [0.25, 0.3) is 0 Å². The van der Waals surface area contributed by atoms with Crippen molar-refractivity contribution in [3.8, 4) is 0 Å². The molecule has 4 rings (SSSR count). The maximum absolute atomic E-state index is 12.8. The Morgan fingerprint density at radius 3 is 2.62 bits per heavy atom. The van der Waals surface area contributed by atoms with E-state index in [-0.39, 0.29) is 5.09 Å². The third-order valence-corrected chi connectivity index (χ3v) is 7.20. The van der Waals surface area contributed by atoms with E-state index in [0.717, 1.165) is 29.7 Å². The van der Waals surface area contributed by atoms with Gasteiger partial charge in [-0.1, -0.05) is 19.1 Å². The summed E-state index contributed by atoms with van der Waals surface area (Å²) >= 11 is 0. The molecule has 1 aromatic heterocycles. The number of hydrogen-bond acceptors (Lipinski definition) is 5. The van der Waals surface area contributed by atoms with E-state index >= 15 is 0 Å². The molecule has 8 heteroatoms. The molecular formula is C21H27N3O4S. The lowest BCUT2D eigenvalue weighted by Gasteiger charge is -2.27. The molecule has 0 unspecified atom stereocenters. The predicted octanol–water partition coefficient (Wildman–Crippen LogP) is 4.26. The molecular weight excluding hydrogens is 390 g/mol. The molecule has 7 nitrogen and oxygen atoms in total. The maximum Gasteiger partial charge on any atom is 0.332 e. The van der Waals surface area contributed by atoms with Crippen LogP contribution in [0.1, 0.15) is 61.8 Å². The Hall–Kier alpha value is -2.32. The summed E-state index contributed by atoms with van der Waals surface area (Å²) in [6.07, 6.45) is 5.54. The number of urea groups is 1. The van der Waals surface area contributed by atoms with Crippen LogP contribution in [0.3, 0.4) is 0 Å². The highest BCUT2D eigenvalue weighted by Gasteiger charge is 2.33. The smallest absolute Gasteiger partial charge is 0.332 e. The molecule has 2 aliphatic rings. The van der Waals surface area contributed by atoms with E-state index in [1.54, 1.807) is 13.8 Å². The van der Waals surface area contributed by atoms with E-state index < -0.39 is 21.5 Å². The molecule has 0 bridgehead atoms. The summed E-state index contributed by atoms with van der Waals surface area (Å²) in [5.74, 6) is 0.983. The van der Waals surface area contributed by atoms with E-state index in [2.05, 4.69) is 29.1 Å². The van der Waals surface area contributed by atoms with Gasteiger partial charge in [-0.3, -0.25) is 0 Å². The van der Waals surface area contributed by atoms with Crippen LogP contribution >= 0.6 is 0 Å². The Labute approximate surface area is 171 Å². The number of carbonyl (C=O) groups is 1. The molecule has 29 heavy (non-hydrogen) atoms. The summed E-state index contributed by atoms with van der Waals surface area (Å²) in [5, 5.41) is 12.7. The summed E-state index contributed by atoms with van der Waals surface area (Å²) in [6.45, 7) is 5.29. The summed E-state index contributed by atoms with van der Waals surface area (Å²) in [6, 6.07) is 4.85. The van der Waals surface area contributed by atoms with Gasteiger partial charge in [0.1, 0.15) is 0 Å². The fraction of sp³-hybridized carbons (Fsp3) is 0.476. The third kappa shape index (κ3) is 3.91. The zero-order valence-corrected chi connectivity index (χ0v) is 17.7. The summed E-state index contributed by atoms with van der Waals surface area (Å²) < 4.78 is 28.3. The van der Waals surface area contributed by atoms with Crippen LogP contribution in [0.15, 0.2) is 34.0 Å². The second-order valence-corrected chi connectivity index (χ2v) is 10.3. The van der Waals surface area contributed by atoms with Gasteiger partial charge < -0.3 is 14.8 Å². The van der Waals surface area contributed by atoms with Crippen molar-refractivity contribution in [1.29, 1.82) is 4.78 Å². The average Bonchev–Trinajstić information content (AvgIpc) is 3.29. The summed E-state index contributed by atoms with van der Waals surface area (Å²) in [5.41, 5.74) is 3.43. The van der Waals surface area contributed by atoms with Crippen molar-refractivity contribution in [3.63, 3.8) is 0 Å². The highest BCUT2D eigenvalue weighted by molar-refractivity contribution is 7.91. The van der Waals surface area contributed by atoms with E-state index in [1.807, 2.05) is 0 Å². The van der Waals surface area contributed by atoms with Crippen LogP contribution < -0.4 is 10.0 Å². The molecule has 0 radical (unpaired) electrons. The van der Waals surface area contributed by atoms with Crippen LogP contribution in [0, 0.1) is 10.7 Å². The van der Waals surface area contributed by atoms with Gasteiger partial charge >= 0.3 is 6.03 Å². The number of anilines is 1. The van der Waals surface area contributed by atoms with Crippen molar-refractivity contribution >= 4 is 21.6 Å². The minimum Gasteiger partial charge on any atom is -0.452 e. The molecule has 1 heterocycles. The third-order valence-electron chi connectivity index (χ3n) is 5.95. The highest BCUT2D eigenvalue weighted by atomic mass is 32.2. The molecule has 1 saturated carbocycles. The molecule has 156 valence electrons. The minimum absolute atomic E-state index is 0.197. The zero-order valence-electron chi connectivity index (χ0n) is 16.9. The number of hydrogen-bond donors (Lipinski definition) is 4. The van der Waals surface area contributed by atoms with Crippen molar-refractivity contribution in [1.82, 2.24) is 4.72 Å². The quantitative estimate of drug-likeness (QED) is 0.562. The molecule has 2 aliphatic carbocycles. The molecule has 0 saturated heterocycles. The Morgan fingerprint density at radius 2 is 2.07 bits per heavy atom. The molecule has 2 amide bonds. The highest BCUT2D eigenvalue weighted by Crippen LogP contribution is 2.46. The second-order valence-electron chi connectivity index (χ2n) is 8.62. The molecule has 1 aromatic carbocycles.